The molecule has 2 unspecified atom stereocenters. The van der Waals surface area contributed by atoms with Gasteiger partial charge < -0.3 is 15.0 Å². The molecule has 2 heterocycles. The normalized spacial score (nSPS) is 21.0. The molecule has 32 heavy (non-hydrogen) atoms. The van der Waals surface area contributed by atoms with Crippen LogP contribution in [0.4, 0.5) is 11.4 Å². The van der Waals surface area contributed by atoms with Gasteiger partial charge in [-0.3, -0.25) is 4.79 Å². The Bertz CT molecular complexity index is 1020. The highest BCUT2D eigenvalue weighted by Gasteiger charge is 2.30. The first-order valence-corrected chi connectivity index (χ1v) is 13.3. The van der Waals surface area contributed by atoms with Gasteiger partial charge in [0.1, 0.15) is 0 Å². The van der Waals surface area contributed by atoms with Crippen LogP contribution in [-0.4, -0.2) is 62.8 Å². The minimum atomic E-state index is -3.43. The van der Waals surface area contributed by atoms with Gasteiger partial charge in [-0.05, 0) is 38.1 Å². The van der Waals surface area contributed by atoms with Crippen molar-refractivity contribution in [1.82, 2.24) is 9.62 Å². The molecular formula is C23H29N3O4S2. The van der Waals surface area contributed by atoms with Crippen molar-refractivity contribution in [2.75, 3.05) is 36.8 Å². The van der Waals surface area contributed by atoms with Crippen LogP contribution in [0.25, 0.3) is 0 Å². The van der Waals surface area contributed by atoms with E-state index in [1.807, 2.05) is 38.1 Å². The van der Waals surface area contributed by atoms with Crippen LogP contribution in [0.15, 0.2) is 58.3 Å². The van der Waals surface area contributed by atoms with Gasteiger partial charge in [0.2, 0.25) is 15.9 Å². The van der Waals surface area contributed by atoms with E-state index in [1.165, 1.54) is 4.31 Å². The zero-order chi connectivity index (χ0) is 22.7. The number of ether oxygens (including phenoxy) is 1. The summed E-state index contributed by atoms with van der Waals surface area (Å²) in [4.78, 5) is 17.0. The van der Waals surface area contributed by atoms with Crippen molar-refractivity contribution in [2.24, 2.45) is 0 Å². The molecule has 0 spiro atoms. The Hall–Kier alpha value is -2.07. The van der Waals surface area contributed by atoms with E-state index in [0.29, 0.717) is 19.6 Å². The molecule has 9 heteroatoms. The second-order valence-electron chi connectivity index (χ2n) is 8.18. The Morgan fingerprint density at radius 2 is 1.59 bits per heavy atom. The molecule has 2 aromatic rings. The minimum absolute atomic E-state index is 0.101. The third-order valence-electron chi connectivity index (χ3n) is 5.56. The van der Waals surface area contributed by atoms with Gasteiger partial charge in [0.25, 0.3) is 0 Å². The number of anilines is 2. The van der Waals surface area contributed by atoms with Gasteiger partial charge in [0, 0.05) is 42.4 Å². The SMILES string of the molecule is CC1CN(S(=O)(=O)CCNC(=O)CCN2c3ccccc3Sc3ccccc32)CC(C)O1. The number of rotatable bonds is 7. The lowest BCUT2D eigenvalue weighted by molar-refractivity contribution is -0.120. The minimum Gasteiger partial charge on any atom is -0.373 e. The smallest absolute Gasteiger partial charge is 0.221 e. The van der Waals surface area contributed by atoms with Crippen molar-refractivity contribution in [2.45, 2.75) is 42.3 Å². The Labute approximate surface area is 194 Å². The summed E-state index contributed by atoms with van der Waals surface area (Å²) in [5.74, 6) is -0.262. The Morgan fingerprint density at radius 1 is 1.03 bits per heavy atom. The molecule has 0 bridgehead atoms. The lowest BCUT2D eigenvalue weighted by atomic mass is 10.2. The molecule has 2 aliphatic heterocycles. The average molecular weight is 476 g/mol. The fourth-order valence-electron chi connectivity index (χ4n) is 4.13. The maximum Gasteiger partial charge on any atom is 0.221 e. The highest BCUT2D eigenvalue weighted by molar-refractivity contribution is 7.99. The molecule has 1 N–H and O–H groups in total. The summed E-state index contributed by atoms with van der Waals surface area (Å²) >= 11 is 1.73. The zero-order valence-electron chi connectivity index (χ0n) is 18.4. The number of sulfonamides is 1. The lowest BCUT2D eigenvalue weighted by Gasteiger charge is -2.34. The summed E-state index contributed by atoms with van der Waals surface area (Å²) in [5, 5.41) is 2.78. The largest absolute Gasteiger partial charge is 0.373 e. The van der Waals surface area contributed by atoms with E-state index >= 15 is 0 Å². The topological polar surface area (TPSA) is 79.0 Å². The molecule has 4 rings (SSSR count). The second kappa shape index (κ2) is 9.82. The molecule has 2 aromatic carbocycles. The molecule has 0 saturated carbocycles. The fourth-order valence-corrected chi connectivity index (χ4v) is 6.72. The number of carbonyl (C=O) groups excluding carboxylic acids is 1. The van der Waals surface area contributed by atoms with Crippen LogP contribution in [0, 0.1) is 0 Å². The average Bonchev–Trinajstić information content (AvgIpc) is 2.76. The third kappa shape index (κ3) is 5.28. The first-order chi connectivity index (χ1) is 15.3. The Balaban J connectivity index is 1.32. The number of hydrogen-bond acceptors (Lipinski definition) is 6. The predicted molar refractivity (Wildman–Crippen MR) is 127 cm³/mol. The summed E-state index contributed by atoms with van der Waals surface area (Å²) in [5.41, 5.74) is 2.17. The van der Waals surface area contributed by atoms with Crippen molar-refractivity contribution < 1.29 is 17.9 Å². The molecule has 0 aromatic heterocycles. The Kier molecular flexibility index (Phi) is 7.09. The molecule has 2 atom stereocenters. The number of hydrogen-bond donors (Lipinski definition) is 1. The van der Waals surface area contributed by atoms with Crippen molar-refractivity contribution in [3.63, 3.8) is 0 Å². The van der Waals surface area contributed by atoms with E-state index in [-0.39, 0.29) is 36.8 Å². The van der Waals surface area contributed by atoms with Gasteiger partial charge in [0.05, 0.1) is 29.3 Å². The number of nitrogens with zero attached hydrogens (tertiary/aromatic N) is 2. The van der Waals surface area contributed by atoms with Gasteiger partial charge in [-0.1, -0.05) is 36.0 Å². The van der Waals surface area contributed by atoms with Gasteiger partial charge in [-0.15, -0.1) is 0 Å². The number of nitrogens with one attached hydrogen (secondary N) is 1. The van der Waals surface area contributed by atoms with Crippen molar-refractivity contribution in [3.05, 3.63) is 48.5 Å². The second-order valence-corrected chi connectivity index (χ2v) is 11.4. The maximum atomic E-state index is 12.6. The monoisotopic (exact) mass is 475 g/mol. The summed E-state index contributed by atoms with van der Waals surface area (Å²) in [6.45, 7) is 5.07. The fraction of sp³-hybridized carbons (Fsp3) is 0.435. The molecule has 1 saturated heterocycles. The van der Waals surface area contributed by atoms with Crippen molar-refractivity contribution in [3.8, 4) is 0 Å². The first-order valence-electron chi connectivity index (χ1n) is 10.9. The van der Waals surface area contributed by atoms with Gasteiger partial charge in [-0.25, -0.2) is 8.42 Å². The number of benzene rings is 2. The van der Waals surface area contributed by atoms with Crippen LogP contribution < -0.4 is 10.2 Å². The highest BCUT2D eigenvalue weighted by atomic mass is 32.2. The molecule has 0 radical (unpaired) electrons. The van der Waals surface area contributed by atoms with Gasteiger partial charge >= 0.3 is 0 Å². The zero-order valence-corrected chi connectivity index (χ0v) is 20.0. The van der Waals surface area contributed by atoms with Crippen LogP contribution in [0.3, 0.4) is 0 Å². The number of carbonyl (C=O) groups is 1. The predicted octanol–water partition coefficient (Wildman–Crippen LogP) is 3.23. The first kappa shape index (κ1) is 23.1. The van der Waals surface area contributed by atoms with E-state index in [2.05, 4.69) is 34.5 Å². The van der Waals surface area contributed by atoms with Crippen LogP contribution in [0.2, 0.25) is 0 Å². The summed E-state index contributed by atoms with van der Waals surface area (Å²) in [7, 11) is -3.43. The molecule has 1 fully saturated rings. The standard InChI is InChI=1S/C23H29N3O4S2/c1-17-15-25(16-18(2)30-17)32(28,29)14-12-24-23(27)11-13-26-19-7-3-5-9-21(19)31-22-10-6-4-8-20(22)26/h3-10,17-18H,11-16H2,1-2H3,(H,24,27). The summed E-state index contributed by atoms with van der Waals surface area (Å²) < 4.78 is 32.4. The van der Waals surface area contributed by atoms with Gasteiger partial charge in [0.15, 0.2) is 0 Å². The Morgan fingerprint density at radius 3 is 2.19 bits per heavy atom. The number of para-hydroxylation sites is 2. The molecule has 2 aliphatic rings. The summed E-state index contributed by atoms with van der Waals surface area (Å²) in [6.07, 6.45) is 0.0205. The number of amides is 1. The van der Waals surface area contributed by atoms with E-state index in [0.717, 1.165) is 21.2 Å². The molecule has 172 valence electrons. The van der Waals surface area contributed by atoms with Crippen LogP contribution >= 0.6 is 11.8 Å². The highest BCUT2D eigenvalue weighted by Crippen LogP contribution is 2.47. The molecule has 1 amide bonds. The number of fused-ring (bicyclic) bond motifs is 2. The van der Waals surface area contributed by atoms with Crippen LogP contribution in [0.5, 0.6) is 0 Å². The molecular weight excluding hydrogens is 446 g/mol. The van der Waals surface area contributed by atoms with Gasteiger partial charge in [-0.2, -0.15) is 4.31 Å². The molecule has 0 aliphatic carbocycles. The lowest BCUT2D eigenvalue weighted by Crippen LogP contribution is -2.49. The van der Waals surface area contributed by atoms with E-state index < -0.39 is 10.0 Å². The van der Waals surface area contributed by atoms with Crippen LogP contribution in [-0.2, 0) is 19.6 Å². The van der Waals surface area contributed by atoms with Crippen molar-refractivity contribution in [1.29, 1.82) is 0 Å². The number of morpholine rings is 1. The van der Waals surface area contributed by atoms with E-state index in [1.54, 1.807) is 11.8 Å². The van der Waals surface area contributed by atoms with Crippen molar-refractivity contribution >= 4 is 39.1 Å². The molecule has 7 nitrogen and oxygen atoms in total. The van der Waals surface area contributed by atoms with E-state index in [9.17, 15) is 13.2 Å². The quantitative estimate of drug-likeness (QED) is 0.662. The van der Waals surface area contributed by atoms with E-state index in [4.69, 9.17) is 4.74 Å². The van der Waals surface area contributed by atoms with Crippen LogP contribution in [0.1, 0.15) is 20.3 Å². The summed E-state index contributed by atoms with van der Waals surface area (Å²) in [6, 6.07) is 16.3. The maximum absolute atomic E-state index is 12.6. The third-order valence-corrected chi connectivity index (χ3v) is 8.49.